The van der Waals surface area contributed by atoms with E-state index in [4.69, 9.17) is 0 Å². The molecule has 0 saturated heterocycles. The molecule has 118 valence electrons. The molecule has 1 aromatic rings. The Morgan fingerprint density at radius 2 is 1.71 bits per heavy atom. The summed E-state index contributed by atoms with van der Waals surface area (Å²) in [7, 11) is -4.24. The number of hydrogen-bond donors (Lipinski definition) is 2. The van der Waals surface area contributed by atoms with E-state index in [1.165, 1.54) is 0 Å². The molecule has 0 bridgehead atoms. The monoisotopic (exact) mass is 323 g/mol. The summed E-state index contributed by atoms with van der Waals surface area (Å²) in [6, 6.07) is 1.27. The number of rotatable bonds is 4. The molecule has 0 atom stereocenters. The summed E-state index contributed by atoms with van der Waals surface area (Å²) in [5.41, 5.74) is 0. The fourth-order valence-electron chi connectivity index (χ4n) is 2.37. The van der Waals surface area contributed by atoms with Crippen LogP contribution in [0.3, 0.4) is 0 Å². The number of benzene rings is 1. The van der Waals surface area contributed by atoms with Crippen LogP contribution in [0.25, 0.3) is 0 Å². The van der Waals surface area contributed by atoms with Gasteiger partial charge in [-0.3, -0.25) is 0 Å². The molecule has 0 radical (unpaired) electrons. The first-order valence-corrected chi connectivity index (χ1v) is 8.11. The molecular weight excluding hydrogens is 307 g/mol. The van der Waals surface area contributed by atoms with Crippen LogP contribution in [0.5, 0.6) is 0 Å². The van der Waals surface area contributed by atoms with Crippen molar-refractivity contribution < 1.29 is 26.7 Å². The number of halogens is 3. The molecule has 1 saturated carbocycles. The third kappa shape index (κ3) is 3.75. The van der Waals surface area contributed by atoms with Crippen molar-refractivity contribution in [3.8, 4) is 0 Å². The summed E-state index contributed by atoms with van der Waals surface area (Å²) in [5, 5.41) is 9.36. The van der Waals surface area contributed by atoms with Gasteiger partial charge in [-0.15, -0.1) is 0 Å². The first-order chi connectivity index (χ1) is 9.81. The number of aliphatic hydroxyl groups excluding tert-OH is 1. The lowest BCUT2D eigenvalue weighted by atomic mass is 9.88. The third-order valence-corrected chi connectivity index (χ3v) is 5.11. The average molecular weight is 323 g/mol. The zero-order valence-electron chi connectivity index (χ0n) is 11.2. The Morgan fingerprint density at radius 1 is 1.10 bits per heavy atom. The highest BCUT2D eigenvalue weighted by molar-refractivity contribution is 7.89. The van der Waals surface area contributed by atoms with Crippen LogP contribution >= 0.6 is 0 Å². The van der Waals surface area contributed by atoms with Crippen LogP contribution in [-0.4, -0.2) is 26.2 Å². The predicted molar refractivity (Wildman–Crippen MR) is 69.5 cm³/mol. The minimum atomic E-state index is -4.24. The summed E-state index contributed by atoms with van der Waals surface area (Å²) >= 11 is 0. The Bertz CT molecular complexity index is 613. The highest BCUT2D eigenvalue weighted by Crippen LogP contribution is 2.24. The molecular formula is C13H16F3NO3S. The van der Waals surface area contributed by atoms with Crippen molar-refractivity contribution in [3.05, 3.63) is 29.6 Å². The Balaban J connectivity index is 2.07. The van der Waals surface area contributed by atoms with Crippen molar-refractivity contribution >= 4 is 10.0 Å². The zero-order valence-corrected chi connectivity index (χ0v) is 12.0. The molecule has 1 aliphatic carbocycles. The lowest BCUT2D eigenvalue weighted by Gasteiger charge is -2.25. The highest BCUT2D eigenvalue weighted by Gasteiger charge is 2.26. The van der Waals surface area contributed by atoms with E-state index in [-0.39, 0.29) is 18.6 Å². The van der Waals surface area contributed by atoms with E-state index in [9.17, 15) is 26.7 Å². The van der Waals surface area contributed by atoms with E-state index < -0.39 is 32.4 Å². The van der Waals surface area contributed by atoms with Gasteiger partial charge >= 0.3 is 0 Å². The van der Waals surface area contributed by atoms with Crippen molar-refractivity contribution in [1.82, 2.24) is 4.72 Å². The number of aliphatic hydroxyl groups is 1. The number of nitrogens with one attached hydrogen (secondary N) is 1. The van der Waals surface area contributed by atoms with Gasteiger partial charge in [-0.2, -0.15) is 0 Å². The van der Waals surface area contributed by atoms with Crippen LogP contribution in [0.4, 0.5) is 13.2 Å². The van der Waals surface area contributed by atoms with Crippen molar-refractivity contribution in [1.29, 1.82) is 0 Å². The van der Waals surface area contributed by atoms with E-state index >= 15 is 0 Å². The van der Waals surface area contributed by atoms with Crippen LogP contribution in [0.1, 0.15) is 25.7 Å². The second-order valence-electron chi connectivity index (χ2n) is 5.20. The molecule has 4 nitrogen and oxygen atoms in total. The van der Waals surface area contributed by atoms with Crippen molar-refractivity contribution in [3.63, 3.8) is 0 Å². The van der Waals surface area contributed by atoms with Gasteiger partial charge in [0, 0.05) is 6.54 Å². The van der Waals surface area contributed by atoms with Crippen molar-refractivity contribution in [2.24, 2.45) is 5.92 Å². The predicted octanol–water partition coefficient (Wildman–Crippen LogP) is 1.93. The molecule has 1 fully saturated rings. The fraction of sp³-hybridized carbons (Fsp3) is 0.538. The molecule has 0 aromatic heterocycles. The van der Waals surface area contributed by atoms with E-state index in [2.05, 4.69) is 4.72 Å². The van der Waals surface area contributed by atoms with E-state index in [1.54, 1.807) is 0 Å². The molecule has 0 spiro atoms. The van der Waals surface area contributed by atoms with Gasteiger partial charge in [0.25, 0.3) is 0 Å². The molecule has 0 aliphatic heterocycles. The largest absolute Gasteiger partial charge is 0.393 e. The van der Waals surface area contributed by atoms with Gasteiger partial charge in [0.15, 0.2) is 17.5 Å². The first-order valence-electron chi connectivity index (χ1n) is 6.62. The maximum atomic E-state index is 13.5. The van der Waals surface area contributed by atoms with Crippen LogP contribution in [0, 0.1) is 23.4 Å². The molecule has 21 heavy (non-hydrogen) atoms. The summed E-state index contributed by atoms with van der Waals surface area (Å²) in [4.78, 5) is -0.905. The third-order valence-electron chi connectivity index (χ3n) is 3.67. The van der Waals surface area contributed by atoms with Crippen LogP contribution in [0.15, 0.2) is 17.0 Å². The maximum Gasteiger partial charge on any atom is 0.243 e. The topological polar surface area (TPSA) is 66.4 Å². The second-order valence-corrected chi connectivity index (χ2v) is 6.94. The van der Waals surface area contributed by atoms with Gasteiger partial charge in [-0.05, 0) is 43.7 Å². The average Bonchev–Trinajstić information content (AvgIpc) is 2.44. The summed E-state index contributed by atoms with van der Waals surface area (Å²) in [5.74, 6) is -4.93. The van der Waals surface area contributed by atoms with Crippen LogP contribution < -0.4 is 4.72 Å². The second kappa shape index (κ2) is 6.33. The molecule has 0 amide bonds. The van der Waals surface area contributed by atoms with Gasteiger partial charge in [0.05, 0.1) is 6.10 Å². The molecule has 0 unspecified atom stereocenters. The maximum absolute atomic E-state index is 13.5. The fourth-order valence-corrected chi connectivity index (χ4v) is 3.55. The smallest absolute Gasteiger partial charge is 0.243 e. The van der Waals surface area contributed by atoms with Gasteiger partial charge in [0.1, 0.15) is 4.90 Å². The van der Waals surface area contributed by atoms with Gasteiger partial charge in [0.2, 0.25) is 10.0 Å². The van der Waals surface area contributed by atoms with E-state index in [0.29, 0.717) is 37.8 Å². The number of sulfonamides is 1. The molecule has 0 heterocycles. The summed E-state index contributed by atoms with van der Waals surface area (Å²) in [6.07, 6.45) is 2.13. The summed E-state index contributed by atoms with van der Waals surface area (Å²) < 4.78 is 65.5. The Morgan fingerprint density at radius 3 is 2.33 bits per heavy atom. The standard InChI is InChI=1S/C13H16F3NO3S/c14-10-5-6-11(13(16)12(10)15)21(19,20)17-7-8-1-3-9(18)4-2-8/h5-6,8-9,17-18H,1-4,7H2. The molecule has 1 aliphatic rings. The van der Waals surface area contributed by atoms with E-state index in [0.717, 1.165) is 0 Å². The van der Waals surface area contributed by atoms with E-state index in [1.807, 2.05) is 0 Å². The number of hydrogen-bond acceptors (Lipinski definition) is 3. The normalized spacial score (nSPS) is 23.2. The Kier molecular flexibility index (Phi) is 4.90. The van der Waals surface area contributed by atoms with Gasteiger partial charge < -0.3 is 5.11 Å². The Labute approximate surface area is 121 Å². The molecule has 1 aromatic carbocycles. The molecule has 2 rings (SSSR count). The van der Waals surface area contributed by atoms with Crippen molar-refractivity contribution in [2.75, 3.05) is 6.54 Å². The minimum Gasteiger partial charge on any atom is -0.393 e. The Hall–Kier alpha value is -1.12. The van der Waals surface area contributed by atoms with Crippen molar-refractivity contribution in [2.45, 2.75) is 36.7 Å². The quantitative estimate of drug-likeness (QED) is 0.832. The van der Waals surface area contributed by atoms with Crippen LogP contribution in [-0.2, 0) is 10.0 Å². The highest BCUT2D eigenvalue weighted by atomic mass is 32.2. The minimum absolute atomic E-state index is 0.0385. The zero-order chi connectivity index (χ0) is 15.6. The lowest BCUT2D eigenvalue weighted by molar-refractivity contribution is 0.109. The lowest BCUT2D eigenvalue weighted by Crippen LogP contribution is -2.32. The van der Waals surface area contributed by atoms with Gasteiger partial charge in [-0.25, -0.2) is 26.3 Å². The van der Waals surface area contributed by atoms with Gasteiger partial charge in [-0.1, -0.05) is 0 Å². The SMILES string of the molecule is O=S(=O)(NCC1CCC(O)CC1)c1ccc(F)c(F)c1F. The molecule has 8 heteroatoms. The first kappa shape index (κ1) is 16.3. The van der Waals surface area contributed by atoms with Crippen LogP contribution in [0.2, 0.25) is 0 Å². The molecule has 2 N–H and O–H groups in total. The summed E-state index contributed by atoms with van der Waals surface area (Å²) in [6.45, 7) is 0.0769.